The molecule has 1 aromatic carbocycles. The number of aromatic nitrogens is 3. The Balaban J connectivity index is 1.84. The fourth-order valence-corrected chi connectivity index (χ4v) is 3.29. The third-order valence-electron chi connectivity index (χ3n) is 4.81. The molecule has 5 N–H and O–H groups in total. The van der Waals surface area contributed by atoms with Crippen LogP contribution in [0.25, 0.3) is 17.3 Å². The van der Waals surface area contributed by atoms with E-state index in [4.69, 9.17) is 10.7 Å². The number of fused-ring (bicyclic) bond motifs is 1. The molecule has 0 aliphatic carbocycles. The van der Waals surface area contributed by atoms with E-state index < -0.39 is 6.04 Å². The van der Waals surface area contributed by atoms with Gasteiger partial charge in [-0.2, -0.15) is 0 Å². The van der Waals surface area contributed by atoms with Crippen molar-refractivity contribution in [3.8, 4) is 11.3 Å². The maximum Gasteiger partial charge on any atom is 0.219 e. The summed E-state index contributed by atoms with van der Waals surface area (Å²) < 4.78 is 0. The maximum absolute atomic E-state index is 11.7. The molecule has 8 heteroatoms. The van der Waals surface area contributed by atoms with Crippen LogP contribution in [0.2, 0.25) is 0 Å². The zero-order valence-electron chi connectivity index (χ0n) is 16.1. The number of nitrogens with two attached hydrogens (primary N) is 1. The number of rotatable bonds is 5. The van der Waals surface area contributed by atoms with Crippen LogP contribution in [-0.4, -0.2) is 28.3 Å². The van der Waals surface area contributed by atoms with E-state index >= 15 is 0 Å². The smallest absolute Gasteiger partial charge is 0.219 e. The molecule has 1 unspecified atom stereocenters. The number of anilines is 4. The first-order valence-corrected chi connectivity index (χ1v) is 9.15. The zero-order valence-corrected chi connectivity index (χ0v) is 16.1. The topological polar surface area (TPSA) is 118 Å². The summed E-state index contributed by atoms with van der Waals surface area (Å²) in [4.78, 5) is 24.6. The molecule has 0 amide bonds. The first-order chi connectivity index (χ1) is 14.1. The molecule has 146 valence electrons. The molecule has 1 aliphatic rings. The van der Waals surface area contributed by atoms with E-state index in [1.165, 1.54) is 0 Å². The highest BCUT2D eigenvalue weighted by atomic mass is 16.1. The number of aldehydes is 1. The highest BCUT2D eigenvalue weighted by Gasteiger charge is 2.23. The van der Waals surface area contributed by atoms with E-state index in [0.29, 0.717) is 11.5 Å². The van der Waals surface area contributed by atoms with Gasteiger partial charge in [0.2, 0.25) is 5.95 Å². The van der Waals surface area contributed by atoms with E-state index in [2.05, 4.69) is 25.9 Å². The third-order valence-corrected chi connectivity index (χ3v) is 4.81. The van der Waals surface area contributed by atoms with Crippen LogP contribution in [0, 0.1) is 6.92 Å². The Kier molecular flexibility index (Phi) is 4.82. The summed E-state index contributed by atoms with van der Waals surface area (Å²) in [5, 5.41) is 9.62. The van der Waals surface area contributed by atoms with Gasteiger partial charge < -0.3 is 26.5 Å². The molecule has 8 nitrogen and oxygen atoms in total. The molecule has 4 rings (SSSR count). The van der Waals surface area contributed by atoms with Gasteiger partial charge in [-0.1, -0.05) is 6.07 Å². The SMILES string of the molecule is CNc1cc(Nc2nc(-c3cnc(N)nc3)cc3c2C(C=O)NC=C3)ccc1C. The minimum Gasteiger partial charge on any atom is -0.388 e. The van der Waals surface area contributed by atoms with Crippen molar-refractivity contribution >= 4 is 35.5 Å². The molecule has 0 bridgehead atoms. The fourth-order valence-electron chi connectivity index (χ4n) is 3.29. The van der Waals surface area contributed by atoms with Crippen LogP contribution < -0.4 is 21.7 Å². The van der Waals surface area contributed by atoms with Gasteiger partial charge in [-0.05, 0) is 48.5 Å². The third kappa shape index (κ3) is 3.60. The second-order valence-corrected chi connectivity index (χ2v) is 6.71. The summed E-state index contributed by atoms with van der Waals surface area (Å²) in [7, 11) is 1.88. The van der Waals surface area contributed by atoms with Crippen LogP contribution in [0.4, 0.5) is 23.1 Å². The predicted octanol–water partition coefficient (Wildman–Crippen LogP) is 3.03. The van der Waals surface area contributed by atoms with E-state index in [1.54, 1.807) is 18.6 Å². The van der Waals surface area contributed by atoms with E-state index in [1.807, 2.05) is 44.3 Å². The molecule has 2 aromatic heterocycles. The van der Waals surface area contributed by atoms with Crippen molar-refractivity contribution < 1.29 is 4.79 Å². The highest BCUT2D eigenvalue weighted by molar-refractivity contribution is 5.80. The normalized spacial score (nSPS) is 14.6. The number of pyridine rings is 1. The molecule has 0 spiro atoms. The number of hydrogen-bond acceptors (Lipinski definition) is 8. The van der Waals surface area contributed by atoms with Gasteiger partial charge in [-0.3, -0.25) is 0 Å². The summed E-state index contributed by atoms with van der Waals surface area (Å²) in [6, 6.07) is 7.43. The Morgan fingerprint density at radius 1 is 1.21 bits per heavy atom. The van der Waals surface area contributed by atoms with Gasteiger partial charge in [0.1, 0.15) is 18.1 Å². The first-order valence-electron chi connectivity index (χ1n) is 9.15. The second kappa shape index (κ2) is 7.59. The van der Waals surface area contributed by atoms with Gasteiger partial charge in [0.05, 0.1) is 5.69 Å². The molecular weight excluding hydrogens is 366 g/mol. The van der Waals surface area contributed by atoms with Crippen LogP contribution in [0.1, 0.15) is 22.7 Å². The molecule has 0 saturated carbocycles. The second-order valence-electron chi connectivity index (χ2n) is 6.71. The molecule has 0 fully saturated rings. The number of carbonyl (C=O) groups excluding carboxylic acids is 1. The van der Waals surface area contributed by atoms with Crippen molar-refractivity contribution in [3.05, 3.63) is 59.5 Å². The standard InChI is InChI=1S/C21H21N7O/c1-12-3-4-15(8-16(12)23-2)27-20-19-13(5-6-24-18(19)11-29)7-17(28-20)14-9-25-21(22)26-10-14/h3-11,18,23-24H,1-2H3,(H,27,28)(H2,22,25,26). The minimum absolute atomic E-state index is 0.203. The monoisotopic (exact) mass is 387 g/mol. The van der Waals surface area contributed by atoms with Crippen molar-refractivity contribution in [3.63, 3.8) is 0 Å². The molecule has 3 heterocycles. The number of carbonyl (C=O) groups is 1. The molecule has 0 radical (unpaired) electrons. The molecule has 29 heavy (non-hydrogen) atoms. The van der Waals surface area contributed by atoms with Crippen LogP contribution in [-0.2, 0) is 4.79 Å². The summed E-state index contributed by atoms with van der Waals surface area (Å²) in [5.74, 6) is 0.795. The molecule has 3 aromatic rings. The highest BCUT2D eigenvalue weighted by Crippen LogP contribution is 2.34. The largest absolute Gasteiger partial charge is 0.388 e. The number of aryl methyl sites for hydroxylation is 1. The van der Waals surface area contributed by atoms with Crippen LogP contribution in [0.15, 0.2) is 42.9 Å². The van der Waals surface area contributed by atoms with E-state index in [-0.39, 0.29) is 5.95 Å². The lowest BCUT2D eigenvalue weighted by Crippen LogP contribution is -2.22. The lowest BCUT2D eigenvalue weighted by Gasteiger charge is -2.23. The Morgan fingerprint density at radius 2 is 2.00 bits per heavy atom. The number of nitrogens with one attached hydrogen (secondary N) is 3. The number of benzene rings is 1. The van der Waals surface area contributed by atoms with Gasteiger partial charge in [-0.25, -0.2) is 15.0 Å². The van der Waals surface area contributed by atoms with E-state index in [0.717, 1.165) is 39.9 Å². The Morgan fingerprint density at radius 3 is 2.72 bits per heavy atom. The van der Waals surface area contributed by atoms with Gasteiger partial charge in [0, 0.05) is 41.9 Å². The Bertz CT molecular complexity index is 1090. The van der Waals surface area contributed by atoms with Crippen molar-refractivity contribution in [2.75, 3.05) is 23.4 Å². The quantitative estimate of drug-likeness (QED) is 0.494. The molecule has 1 atom stereocenters. The first kappa shape index (κ1) is 18.4. The van der Waals surface area contributed by atoms with Crippen molar-refractivity contribution in [1.82, 2.24) is 20.3 Å². The van der Waals surface area contributed by atoms with Crippen LogP contribution in [0.5, 0.6) is 0 Å². The number of hydrogen-bond donors (Lipinski definition) is 4. The maximum atomic E-state index is 11.7. The van der Waals surface area contributed by atoms with Crippen molar-refractivity contribution in [2.45, 2.75) is 13.0 Å². The lowest BCUT2D eigenvalue weighted by atomic mass is 9.97. The molecular formula is C21H21N7O. The van der Waals surface area contributed by atoms with Gasteiger partial charge >= 0.3 is 0 Å². The summed E-state index contributed by atoms with van der Waals surface area (Å²) in [5.41, 5.74) is 11.7. The average molecular weight is 387 g/mol. The average Bonchev–Trinajstić information content (AvgIpc) is 2.75. The zero-order chi connectivity index (χ0) is 20.4. The van der Waals surface area contributed by atoms with Crippen LogP contribution >= 0.6 is 0 Å². The predicted molar refractivity (Wildman–Crippen MR) is 115 cm³/mol. The number of nitrogen functional groups attached to an aromatic ring is 1. The number of nitrogens with zero attached hydrogens (tertiary/aromatic N) is 3. The molecule has 0 saturated heterocycles. The molecule has 1 aliphatic heterocycles. The Labute approximate surface area is 168 Å². The van der Waals surface area contributed by atoms with Crippen LogP contribution in [0.3, 0.4) is 0 Å². The van der Waals surface area contributed by atoms with Crippen molar-refractivity contribution in [2.24, 2.45) is 0 Å². The lowest BCUT2D eigenvalue weighted by molar-refractivity contribution is -0.109. The van der Waals surface area contributed by atoms with E-state index in [9.17, 15) is 4.79 Å². The Hall–Kier alpha value is -3.94. The van der Waals surface area contributed by atoms with Crippen molar-refractivity contribution in [1.29, 1.82) is 0 Å². The summed E-state index contributed by atoms with van der Waals surface area (Å²) >= 11 is 0. The summed E-state index contributed by atoms with van der Waals surface area (Å²) in [6.45, 7) is 2.04. The minimum atomic E-state index is -0.490. The van der Waals surface area contributed by atoms with Gasteiger partial charge in [0.15, 0.2) is 0 Å². The van der Waals surface area contributed by atoms with Gasteiger partial charge in [0.25, 0.3) is 0 Å². The fraction of sp³-hybridized carbons (Fsp3) is 0.143. The van der Waals surface area contributed by atoms with Gasteiger partial charge in [-0.15, -0.1) is 0 Å². The summed E-state index contributed by atoms with van der Waals surface area (Å²) in [6.07, 6.45) is 7.81.